The monoisotopic (exact) mass is 523 g/mol. The lowest BCUT2D eigenvalue weighted by Gasteiger charge is -2.37. The number of nitrogens with zero attached hydrogens (tertiary/aromatic N) is 2. The lowest BCUT2D eigenvalue weighted by Crippen LogP contribution is -2.49. The van der Waals surface area contributed by atoms with Crippen LogP contribution in [0, 0.1) is 6.92 Å². The Hall–Kier alpha value is -3.56. The number of fused-ring (bicyclic) bond motifs is 1. The second-order valence-corrected chi connectivity index (χ2v) is 9.83. The van der Waals surface area contributed by atoms with Gasteiger partial charge in [0.1, 0.15) is 13.2 Å². The van der Waals surface area contributed by atoms with Gasteiger partial charge in [0.15, 0.2) is 11.5 Å². The topological polar surface area (TPSA) is 80.3 Å². The molecule has 0 spiro atoms. The minimum Gasteiger partial charge on any atom is -0.493 e. The number of amides is 3. The summed E-state index contributed by atoms with van der Waals surface area (Å²) in [4.78, 5) is 31.3. The molecule has 3 amide bonds. The van der Waals surface area contributed by atoms with Crippen LogP contribution in [0.2, 0.25) is 0 Å². The van der Waals surface area contributed by atoms with Gasteiger partial charge in [0.25, 0.3) is 0 Å². The van der Waals surface area contributed by atoms with Crippen molar-refractivity contribution >= 4 is 29.0 Å². The molecular formula is C28H33N3O5S. The van der Waals surface area contributed by atoms with E-state index in [1.807, 2.05) is 60.4 Å². The quantitative estimate of drug-likeness (QED) is 0.415. The average Bonchev–Trinajstić information content (AvgIpc) is 3.40. The van der Waals surface area contributed by atoms with E-state index in [4.69, 9.17) is 14.2 Å². The molecule has 3 aromatic rings. The molecule has 37 heavy (non-hydrogen) atoms. The zero-order valence-corrected chi connectivity index (χ0v) is 22.3. The summed E-state index contributed by atoms with van der Waals surface area (Å²) < 4.78 is 16.8. The number of anilines is 1. The van der Waals surface area contributed by atoms with Crippen LogP contribution in [-0.4, -0.2) is 68.8 Å². The Kier molecular flexibility index (Phi) is 9.03. The average molecular weight is 524 g/mol. The molecule has 0 aliphatic carbocycles. The van der Waals surface area contributed by atoms with Gasteiger partial charge >= 0.3 is 6.03 Å². The second-order valence-electron chi connectivity index (χ2n) is 8.82. The maximum absolute atomic E-state index is 13.6. The molecule has 0 radical (unpaired) electrons. The van der Waals surface area contributed by atoms with Crippen molar-refractivity contribution < 1.29 is 23.8 Å². The number of aryl methyl sites for hydroxylation is 1. The van der Waals surface area contributed by atoms with Gasteiger partial charge in [0, 0.05) is 30.8 Å². The predicted octanol–water partition coefficient (Wildman–Crippen LogP) is 4.75. The van der Waals surface area contributed by atoms with Crippen molar-refractivity contribution in [2.45, 2.75) is 19.4 Å². The van der Waals surface area contributed by atoms with Crippen LogP contribution in [0.25, 0.3) is 0 Å². The molecule has 1 aliphatic rings. The van der Waals surface area contributed by atoms with Crippen LogP contribution >= 0.6 is 11.3 Å². The Morgan fingerprint density at radius 3 is 2.57 bits per heavy atom. The van der Waals surface area contributed by atoms with Crippen molar-refractivity contribution in [3.63, 3.8) is 0 Å². The summed E-state index contributed by atoms with van der Waals surface area (Å²) in [5, 5.41) is 4.94. The van der Waals surface area contributed by atoms with Crippen molar-refractivity contribution in [3.8, 4) is 11.5 Å². The van der Waals surface area contributed by atoms with Crippen LogP contribution in [0.3, 0.4) is 0 Å². The molecule has 1 aromatic heterocycles. The first-order chi connectivity index (χ1) is 18.0. The van der Waals surface area contributed by atoms with Crippen molar-refractivity contribution in [1.82, 2.24) is 9.80 Å². The molecule has 0 saturated heterocycles. The number of benzene rings is 2. The van der Waals surface area contributed by atoms with Crippen LogP contribution in [0.5, 0.6) is 11.5 Å². The van der Waals surface area contributed by atoms with Gasteiger partial charge in [-0.2, -0.15) is 0 Å². The number of thiophene rings is 1. The van der Waals surface area contributed by atoms with Gasteiger partial charge in [-0.3, -0.25) is 4.79 Å². The zero-order chi connectivity index (χ0) is 26.2. The summed E-state index contributed by atoms with van der Waals surface area (Å²) in [6, 6.07) is 16.5. The number of rotatable bonds is 10. The number of methoxy groups -OCH3 is 2. The highest BCUT2D eigenvalue weighted by Crippen LogP contribution is 2.35. The first kappa shape index (κ1) is 26.5. The normalized spacial score (nSPS) is 14.6. The second kappa shape index (κ2) is 12.6. The van der Waals surface area contributed by atoms with Crippen molar-refractivity contribution in [3.05, 3.63) is 76.0 Å². The van der Waals surface area contributed by atoms with Gasteiger partial charge in [-0.05, 0) is 54.6 Å². The first-order valence-electron chi connectivity index (χ1n) is 12.2. The van der Waals surface area contributed by atoms with Crippen LogP contribution in [0.1, 0.15) is 22.0 Å². The van der Waals surface area contributed by atoms with E-state index < -0.39 is 0 Å². The van der Waals surface area contributed by atoms with Gasteiger partial charge in [0.2, 0.25) is 5.91 Å². The molecule has 9 heteroatoms. The fraction of sp³-hybridized carbons (Fsp3) is 0.357. The van der Waals surface area contributed by atoms with E-state index >= 15 is 0 Å². The van der Waals surface area contributed by atoms with Gasteiger partial charge in [-0.1, -0.05) is 29.8 Å². The van der Waals surface area contributed by atoms with E-state index in [1.165, 1.54) is 9.78 Å². The van der Waals surface area contributed by atoms with Crippen molar-refractivity contribution in [2.24, 2.45) is 0 Å². The molecule has 2 aromatic carbocycles. The van der Waals surface area contributed by atoms with Crippen LogP contribution in [-0.2, 0) is 16.0 Å². The highest BCUT2D eigenvalue weighted by Gasteiger charge is 2.33. The lowest BCUT2D eigenvalue weighted by atomic mass is 10.0. The molecule has 2 heterocycles. The Labute approximate surface area is 221 Å². The minimum absolute atomic E-state index is 0.0638. The predicted molar refractivity (Wildman–Crippen MR) is 145 cm³/mol. The number of hydrogen-bond acceptors (Lipinski definition) is 6. The van der Waals surface area contributed by atoms with Crippen LogP contribution < -0.4 is 14.8 Å². The van der Waals surface area contributed by atoms with Crippen molar-refractivity contribution in [1.29, 1.82) is 0 Å². The Balaban J connectivity index is 1.49. The Bertz CT molecular complexity index is 1200. The van der Waals surface area contributed by atoms with Crippen LogP contribution in [0.4, 0.5) is 10.5 Å². The maximum atomic E-state index is 13.6. The number of para-hydroxylation sites is 2. The van der Waals surface area contributed by atoms with E-state index in [-0.39, 0.29) is 31.1 Å². The number of carbonyl (C=O) groups excluding carboxylic acids is 2. The number of nitrogens with one attached hydrogen (secondary N) is 1. The number of urea groups is 1. The number of hydrogen-bond donors (Lipinski definition) is 1. The van der Waals surface area contributed by atoms with E-state index in [2.05, 4.69) is 16.8 Å². The van der Waals surface area contributed by atoms with Crippen LogP contribution in [0.15, 0.2) is 60.0 Å². The van der Waals surface area contributed by atoms with E-state index in [0.717, 1.165) is 17.5 Å². The fourth-order valence-electron chi connectivity index (χ4n) is 4.33. The fourth-order valence-corrected chi connectivity index (χ4v) is 5.26. The molecule has 0 fully saturated rings. The first-order valence-corrected chi connectivity index (χ1v) is 13.1. The molecule has 1 aliphatic heterocycles. The summed E-state index contributed by atoms with van der Waals surface area (Å²) in [7, 11) is 3.18. The van der Waals surface area contributed by atoms with Gasteiger partial charge < -0.3 is 29.3 Å². The molecule has 0 unspecified atom stereocenters. The summed E-state index contributed by atoms with van der Waals surface area (Å²) in [5.41, 5.74) is 2.87. The standard InChI is InChI=1S/C28H33N3O5S/c1-20-8-10-21(11-9-20)29-28(33)30(15-16-34-2)18-27(32)31-14-12-26-22(13-17-37-26)23(31)19-36-25-7-5-4-6-24(25)35-3/h4-11,13,17,23H,12,14-16,18-19H2,1-3H3,(H,29,33)/t23-/m1/s1. The molecular weight excluding hydrogens is 490 g/mol. The molecule has 0 saturated carbocycles. The maximum Gasteiger partial charge on any atom is 0.322 e. The number of ether oxygens (including phenoxy) is 3. The van der Waals surface area contributed by atoms with Crippen molar-refractivity contribution in [2.75, 3.05) is 52.4 Å². The zero-order valence-electron chi connectivity index (χ0n) is 21.4. The highest BCUT2D eigenvalue weighted by molar-refractivity contribution is 7.10. The summed E-state index contributed by atoms with van der Waals surface area (Å²) >= 11 is 1.70. The Morgan fingerprint density at radius 1 is 1.08 bits per heavy atom. The van der Waals surface area contributed by atoms with E-state index in [1.54, 1.807) is 25.6 Å². The molecule has 0 bridgehead atoms. The Morgan fingerprint density at radius 2 is 1.84 bits per heavy atom. The third-order valence-corrected chi connectivity index (χ3v) is 7.36. The van der Waals surface area contributed by atoms with E-state index in [0.29, 0.717) is 36.9 Å². The summed E-state index contributed by atoms with van der Waals surface area (Å²) in [6.45, 7) is 3.38. The largest absolute Gasteiger partial charge is 0.493 e. The third kappa shape index (κ3) is 6.61. The SMILES string of the molecule is COCCN(CC(=O)N1CCc2sccc2[C@H]1COc1ccccc1OC)C(=O)Nc1ccc(C)cc1. The smallest absolute Gasteiger partial charge is 0.322 e. The molecule has 196 valence electrons. The molecule has 1 N–H and O–H groups in total. The minimum atomic E-state index is -0.343. The van der Waals surface area contributed by atoms with Gasteiger partial charge in [-0.15, -0.1) is 11.3 Å². The highest BCUT2D eigenvalue weighted by atomic mass is 32.1. The lowest BCUT2D eigenvalue weighted by molar-refractivity contribution is -0.135. The third-order valence-electron chi connectivity index (χ3n) is 6.36. The number of carbonyl (C=O) groups is 2. The van der Waals surface area contributed by atoms with Gasteiger partial charge in [-0.25, -0.2) is 4.79 Å². The molecule has 1 atom stereocenters. The summed E-state index contributed by atoms with van der Waals surface area (Å²) in [6.07, 6.45) is 0.775. The molecule has 4 rings (SSSR count). The van der Waals surface area contributed by atoms with E-state index in [9.17, 15) is 9.59 Å². The van der Waals surface area contributed by atoms with Gasteiger partial charge in [0.05, 0.1) is 19.8 Å². The molecule has 8 nitrogen and oxygen atoms in total. The summed E-state index contributed by atoms with van der Waals surface area (Å²) in [5.74, 6) is 1.12.